The molecule has 2 heteroatoms. The third-order valence-corrected chi connectivity index (χ3v) is 2.09. The Balaban J connectivity index is 3.57. The summed E-state index contributed by atoms with van der Waals surface area (Å²) in [5.41, 5.74) is 2.18. The standard InChI is InChI=1S/C7H14OSi/c1-9(2,3)7-5-4-6-8/h5-7H,4H2,1-3H3/b7-5-. The lowest BCUT2D eigenvalue weighted by Gasteiger charge is -2.06. The molecule has 0 aromatic rings. The molecule has 0 rings (SSSR count). The van der Waals surface area contributed by atoms with Crippen LogP contribution in [0.15, 0.2) is 11.8 Å². The van der Waals surface area contributed by atoms with Gasteiger partial charge in [0, 0.05) is 6.42 Å². The highest BCUT2D eigenvalue weighted by Gasteiger charge is 2.05. The fraction of sp³-hybridized carbons (Fsp3) is 0.571. The van der Waals surface area contributed by atoms with Crippen molar-refractivity contribution in [2.24, 2.45) is 0 Å². The molecule has 0 heterocycles. The second-order valence-corrected chi connectivity index (χ2v) is 8.24. The zero-order chi connectivity index (χ0) is 7.33. The number of allylic oxidation sites excluding steroid dienone is 1. The van der Waals surface area contributed by atoms with Crippen LogP contribution in [0.2, 0.25) is 19.6 Å². The van der Waals surface area contributed by atoms with E-state index in [-0.39, 0.29) is 0 Å². The van der Waals surface area contributed by atoms with Gasteiger partial charge in [-0.25, -0.2) is 0 Å². The molecule has 0 aliphatic carbocycles. The Morgan fingerprint density at radius 3 is 2.22 bits per heavy atom. The zero-order valence-electron chi connectivity index (χ0n) is 6.35. The van der Waals surface area contributed by atoms with Crippen LogP contribution in [0, 0.1) is 0 Å². The fourth-order valence-corrected chi connectivity index (χ4v) is 1.32. The van der Waals surface area contributed by atoms with Crippen LogP contribution in [0.25, 0.3) is 0 Å². The monoisotopic (exact) mass is 142 g/mol. The van der Waals surface area contributed by atoms with E-state index in [9.17, 15) is 4.79 Å². The summed E-state index contributed by atoms with van der Waals surface area (Å²) in [7, 11) is -1.03. The third kappa shape index (κ3) is 7.63. The first-order chi connectivity index (χ1) is 4.06. The minimum atomic E-state index is -1.03. The van der Waals surface area contributed by atoms with E-state index in [1.165, 1.54) is 0 Å². The van der Waals surface area contributed by atoms with Crippen molar-refractivity contribution in [1.82, 2.24) is 0 Å². The molecule has 0 spiro atoms. The van der Waals surface area contributed by atoms with Crippen molar-refractivity contribution in [3.05, 3.63) is 11.8 Å². The van der Waals surface area contributed by atoms with Crippen molar-refractivity contribution in [3.63, 3.8) is 0 Å². The van der Waals surface area contributed by atoms with Gasteiger partial charge in [-0.15, -0.1) is 0 Å². The van der Waals surface area contributed by atoms with Crippen molar-refractivity contribution in [2.45, 2.75) is 26.1 Å². The second-order valence-electron chi connectivity index (χ2n) is 3.17. The summed E-state index contributed by atoms with van der Waals surface area (Å²) in [4.78, 5) is 9.85. The lowest BCUT2D eigenvalue weighted by molar-refractivity contribution is -0.107. The quantitative estimate of drug-likeness (QED) is 0.435. The summed E-state index contributed by atoms with van der Waals surface area (Å²) in [6.45, 7) is 6.73. The summed E-state index contributed by atoms with van der Waals surface area (Å²) in [5.74, 6) is 0. The predicted octanol–water partition coefficient (Wildman–Crippen LogP) is 2.01. The molecule has 0 fully saturated rings. The van der Waals surface area contributed by atoms with E-state index in [0.717, 1.165) is 6.29 Å². The molecule has 0 bridgehead atoms. The minimum Gasteiger partial charge on any atom is -0.303 e. The lowest BCUT2D eigenvalue weighted by atomic mass is 10.5. The molecule has 0 unspecified atom stereocenters. The summed E-state index contributed by atoms with van der Waals surface area (Å²) in [5, 5.41) is 0. The SMILES string of the molecule is C[Si](C)(C)/C=C\CC=O. The molecule has 9 heavy (non-hydrogen) atoms. The molecule has 52 valence electrons. The Hall–Kier alpha value is -0.373. The predicted molar refractivity (Wildman–Crippen MR) is 43.2 cm³/mol. The maximum absolute atomic E-state index is 9.85. The fourth-order valence-electron chi connectivity index (χ4n) is 0.477. The molecule has 0 atom stereocenters. The van der Waals surface area contributed by atoms with Crippen LogP contribution in [-0.4, -0.2) is 14.4 Å². The van der Waals surface area contributed by atoms with Crippen molar-refractivity contribution in [3.8, 4) is 0 Å². The lowest BCUT2D eigenvalue weighted by Crippen LogP contribution is -2.15. The van der Waals surface area contributed by atoms with Crippen LogP contribution in [0.4, 0.5) is 0 Å². The van der Waals surface area contributed by atoms with Gasteiger partial charge in [-0.05, 0) is 0 Å². The molecule has 0 N–H and O–H groups in total. The van der Waals surface area contributed by atoms with Gasteiger partial charge in [0.2, 0.25) is 0 Å². The Morgan fingerprint density at radius 2 is 1.89 bits per heavy atom. The van der Waals surface area contributed by atoms with Gasteiger partial charge >= 0.3 is 0 Å². The highest BCUT2D eigenvalue weighted by Crippen LogP contribution is 2.01. The highest BCUT2D eigenvalue weighted by molar-refractivity contribution is 6.80. The first-order valence-corrected chi connectivity index (χ1v) is 6.75. The molecule has 1 nitrogen and oxygen atoms in total. The normalized spacial score (nSPS) is 12.3. The van der Waals surface area contributed by atoms with E-state index in [4.69, 9.17) is 0 Å². The van der Waals surface area contributed by atoms with E-state index in [1.807, 2.05) is 6.08 Å². The largest absolute Gasteiger partial charge is 0.303 e. The van der Waals surface area contributed by atoms with Crippen molar-refractivity contribution in [1.29, 1.82) is 0 Å². The van der Waals surface area contributed by atoms with Crippen LogP contribution in [0.3, 0.4) is 0 Å². The average molecular weight is 142 g/mol. The minimum absolute atomic E-state index is 0.574. The number of rotatable bonds is 3. The van der Waals surface area contributed by atoms with Gasteiger partial charge in [-0.1, -0.05) is 31.4 Å². The van der Waals surface area contributed by atoms with E-state index >= 15 is 0 Å². The first-order valence-electron chi connectivity index (χ1n) is 3.17. The molecule has 0 aliphatic heterocycles. The first kappa shape index (κ1) is 8.63. The summed E-state index contributed by atoms with van der Waals surface area (Å²) in [6.07, 6.45) is 3.46. The number of hydrogen-bond acceptors (Lipinski definition) is 1. The number of aldehydes is 1. The van der Waals surface area contributed by atoms with Gasteiger partial charge in [0.15, 0.2) is 0 Å². The van der Waals surface area contributed by atoms with Crippen LogP contribution in [0.5, 0.6) is 0 Å². The zero-order valence-corrected chi connectivity index (χ0v) is 7.35. The topological polar surface area (TPSA) is 17.1 Å². The molecule has 0 radical (unpaired) electrons. The van der Waals surface area contributed by atoms with Gasteiger partial charge in [0.1, 0.15) is 6.29 Å². The maximum Gasteiger partial charge on any atom is 0.123 e. The summed E-state index contributed by atoms with van der Waals surface area (Å²) in [6, 6.07) is 0. The van der Waals surface area contributed by atoms with Gasteiger partial charge < -0.3 is 4.79 Å². The average Bonchev–Trinajstić information content (AvgIpc) is 1.63. The van der Waals surface area contributed by atoms with Gasteiger partial charge in [0.05, 0.1) is 8.07 Å². The molecule has 0 saturated heterocycles. The number of carbonyl (C=O) groups is 1. The molecule has 0 aliphatic rings. The molecule has 0 amide bonds. The molecule has 0 aromatic carbocycles. The van der Waals surface area contributed by atoms with Crippen LogP contribution in [0.1, 0.15) is 6.42 Å². The highest BCUT2D eigenvalue weighted by atomic mass is 28.3. The third-order valence-electron chi connectivity index (χ3n) is 0.850. The molecular formula is C7H14OSi. The van der Waals surface area contributed by atoms with Crippen LogP contribution < -0.4 is 0 Å². The Kier molecular flexibility index (Phi) is 3.46. The van der Waals surface area contributed by atoms with Gasteiger partial charge in [0.25, 0.3) is 0 Å². The maximum atomic E-state index is 9.85. The van der Waals surface area contributed by atoms with E-state index < -0.39 is 8.07 Å². The Labute approximate surface area is 57.8 Å². The van der Waals surface area contributed by atoms with Crippen LogP contribution >= 0.6 is 0 Å². The summed E-state index contributed by atoms with van der Waals surface area (Å²) >= 11 is 0. The smallest absolute Gasteiger partial charge is 0.123 e. The van der Waals surface area contributed by atoms with E-state index in [1.54, 1.807) is 0 Å². The van der Waals surface area contributed by atoms with Crippen molar-refractivity contribution >= 4 is 14.4 Å². The summed E-state index contributed by atoms with van der Waals surface area (Å²) < 4.78 is 0. The van der Waals surface area contributed by atoms with Crippen molar-refractivity contribution in [2.75, 3.05) is 0 Å². The van der Waals surface area contributed by atoms with Crippen LogP contribution in [-0.2, 0) is 4.79 Å². The Bertz CT molecular complexity index is 111. The molecular weight excluding hydrogens is 128 g/mol. The molecule has 0 saturated carbocycles. The van der Waals surface area contributed by atoms with E-state index in [2.05, 4.69) is 25.3 Å². The molecule has 0 aromatic heterocycles. The van der Waals surface area contributed by atoms with Crippen molar-refractivity contribution < 1.29 is 4.79 Å². The van der Waals surface area contributed by atoms with E-state index in [0.29, 0.717) is 6.42 Å². The number of carbonyl (C=O) groups excluding carboxylic acids is 1. The van der Waals surface area contributed by atoms with Gasteiger partial charge in [-0.3, -0.25) is 0 Å². The second kappa shape index (κ2) is 3.61. The number of hydrogen-bond donors (Lipinski definition) is 0. The Morgan fingerprint density at radius 1 is 1.33 bits per heavy atom. The van der Waals surface area contributed by atoms with Gasteiger partial charge in [-0.2, -0.15) is 0 Å².